The Balaban J connectivity index is 2.57. The molecule has 1 aliphatic heterocycles. The predicted molar refractivity (Wildman–Crippen MR) is 48.4 cm³/mol. The molecule has 0 radical (unpaired) electrons. The van der Waals surface area contributed by atoms with Crippen LogP contribution in [0.15, 0.2) is 11.6 Å². The van der Waals surface area contributed by atoms with Crippen molar-refractivity contribution in [2.45, 2.75) is 20.1 Å². The number of amides is 1. The summed E-state index contributed by atoms with van der Waals surface area (Å²) in [5.41, 5.74) is 0.700. The van der Waals surface area contributed by atoms with Crippen LogP contribution in [0.5, 0.6) is 0 Å². The van der Waals surface area contributed by atoms with E-state index in [1.807, 2.05) is 0 Å². The fraction of sp³-hybridized carbons (Fsp3) is 0.556. The number of rotatable bonds is 2. The van der Waals surface area contributed by atoms with Gasteiger partial charge in [-0.05, 0) is 19.4 Å². The lowest BCUT2D eigenvalue weighted by molar-refractivity contribution is -0.130. The highest BCUT2D eigenvalue weighted by atomic mass is 16.7. The van der Waals surface area contributed by atoms with Crippen molar-refractivity contribution in [3.8, 4) is 0 Å². The summed E-state index contributed by atoms with van der Waals surface area (Å²) >= 11 is 0. The molecule has 14 heavy (non-hydrogen) atoms. The van der Waals surface area contributed by atoms with Crippen LogP contribution in [0.2, 0.25) is 0 Å². The molecule has 5 heteroatoms. The molecule has 1 unspecified atom stereocenters. The normalized spacial score (nSPS) is 20.8. The van der Waals surface area contributed by atoms with Gasteiger partial charge in [-0.2, -0.15) is 0 Å². The van der Waals surface area contributed by atoms with Crippen LogP contribution < -0.4 is 0 Å². The van der Waals surface area contributed by atoms with Gasteiger partial charge in [-0.3, -0.25) is 4.79 Å². The minimum absolute atomic E-state index is 0.170. The molecule has 1 heterocycles. The van der Waals surface area contributed by atoms with Crippen molar-refractivity contribution >= 4 is 12.1 Å². The maximum Gasteiger partial charge on any atom is 0.510 e. The molecule has 0 saturated carbocycles. The van der Waals surface area contributed by atoms with Crippen LogP contribution in [0.4, 0.5) is 4.79 Å². The molecule has 0 aromatic carbocycles. The topological polar surface area (TPSA) is 55.8 Å². The third-order valence-corrected chi connectivity index (χ3v) is 1.91. The highest BCUT2D eigenvalue weighted by Gasteiger charge is 2.30. The van der Waals surface area contributed by atoms with Crippen molar-refractivity contribution < 1.29 is 19.1 Å². The number of carbonyl (C=O) groups is 2. The Labute approximate surface area is 82.3 Å². The Hall–Kier alpha value is -1.52. The summed E-state index contributed by atoms with van der Waals surface area (Å²) in [5, 5.41) is 0. The average Bonchev–Trinajstić information content (AvgIpc) is 2.33. The molecule has 78 valence electrons. The molecular weight excluding hydrogens is 186 g/mol. The summed E-state index contributed by atoms with van der Waals surface area (Å²) in [5.74, 6) is -0.170. The fourth-order valence-electron chi connectivity index (χ4n) is 1.20. The van der Waals surface area contributed by atoms with Crippen LogP contribution in [0.3, 0.4) is 0 Å². The monoisotopic (exact) mass is 199 g/mol. The summed E-state index contributed by atoms with van der Waals surface area (Å²) in [7, 11) is 1.57. The van der Waals surface area contributed by atoms with E-state index in [0.29, 0.717) is 5.57 Å². The van der Waals surface area contributed by atoms with Gasteiger partial charge in [0.2, 0.25) is 12.1 Å². The Morgan fingerprint density at radius 2 is 2.29 bits per heavy atom. The zero-order valence-corrected chi connectivity index (χ0v) is 8.44. The SMILES string of the molecule is CCOC(=O)OC1C(C)=CC(=O)N1C. The fourth-order valence-corrected chi connectivity index (χ4v) is 1.20. The lowest BCUT2D eigenvalue weighted by Gasteiger charge is -2.21. The molecule has 0 aromatic rings. The van der Waals surface area contributed by atoms with Crippen LogP contribution in [0.25, 0.3) is 0 Å². The number of hydrogen-bond acceptors (Lipinski definition) is 4. The minimum atomic E-state index is -0.758. The van der Waals surface area contributed by atoms with Crippen molar-refractivity contribution in [1.29, 1.82) is 0 Å². The van der Waals surface area contributed by atoms with Crippen molar-refractivity contribution in [3.63, 3.8) is 0 Å². The zero-order chi connectivity index (χ0) is 10.7. The molecule has 1 atom stereocenters. The minimum Gasteiger partial charge on any atom is -0.435 e. The average molecular weight is 199 g/mol. The molecule has 1 aliphatic rings. The lowest BCUT2D eigenvalue weighted by atomic mass is 10.3. The van der Waals surface area contributed by atoms with E-state index in [9.17, 15) is 9.59 Å². The van der Waals surface area contributed by atoms with Gasteiger partial charge in [0, 0.05) is 13.1 Å². The number of hydrogen-bond donors (Lipinski definition) is 0. The Bertz CT molecular complexity index is 285. The van der Waals surface area contributed by atoms with Crippen LogP contribution in [0, 0.1) is 0 Å². The van der Waals surface area contributed by atoms with Crippen molar-refractivity contribution in [3.05, 3.63) is 11.6 Å². The van der Waals surface area contributed by atoms with E-state index < -0.39 is 12.4 Å². The predicted octanol–water partition coefficient (Wildman–Crippen LogP) is 0.904. The number of carbonyl (C=O) groups excluding carboxylic acids is 2. The van der Waals surface area contributed by atoms with Gasteiger partial charge in [-0.1, -0.05) is 0 Å². The Morgan fingerprint density at radius 3 is 2.71 bits per heavy atom. The second-order valence-electron chi connectivity index (χ2n) is 2.99. The molecule has 1 rings (SSSR count). The van der Waals surface area contributed by atoms with Crippen molar-refractivity contribution in [2.75, 3.05) is 13.7 Å². The number of nitrogens with zero attached hydrogens (tertiary/aromatic N) is 1. The second kappa shape index (κ2) is 4.13. The van der Waals surface area contributed by atoms with E-state index in [4.69, 9.17) is 4.74 Å². The highest BCUT2D eigenvalue weighted by molar-refractivity contribution is 5.91. The molecule has 0 saturated heterocycles. The summed E-state index contributed by atoms with van der Waals surface area (Å²) in [4.78, 5) is 23.5. The van der Waals surface area contributed by atoms with Crippen LogP contribution in [0.1, 0.15) is 13.8 Å². The van der Waals surface area contributed by atoms with E-state index in [-0.39, 0.29) is 12.5 Å². The first-order valence-corrected chi connectivity index (χ1v) is 4.34. The highest BCUT2D eigenvalue weighted by Crippen LogP contribution is 2.18. The van der Waals surface area contributed by atoms with Gasteiger partial charge in [0.05, 0.1) is 6.61 Å². The molecule has 0 spiro atoms. The number of likely N-dealkylation sites (N-methyl/N-ethyl adjacent to an activating group) is 1. The summed E-state index contributed by atoms with van der Waals surface area (Å²) in [6.45, 7) is 3.67. The van der Waals surface area contributed by atoms with Crippen molar-refractivity contribution in [2.24, 2.45) is 0 Å². The summed E-state index contributed by atoms with van der Waals surface area (Å²) < 4.78 is 9.53. The van der Waals surface area contributed by atoms with Crippen LogP contribution in [-0.4, -0.2) is 36.8 Å². The van der Waals surface area contributed by atoms with Gasteiger partial charge in [0.25, 0.3) is 0 Å². The van der Waals surface area contributed by atoms with E-state index in [2.05, 4.69) is 4.74 Å². The van der Waals surface area contributed by atoms with E-state index >= 15 is 0 Å². The number of ether oxygens (including phenoxy) is 2. The molecule has 0 aliphatic carbocycles. The second-order valence-corrected chi connectivity index (χ2v) is 2.99. The third-order valence-electron chi connectivity index (χ3n) is 1.91. The Morgan fingerprint density at radius 1 is 1.64 bits per heavy atom. The lowest BCUT2D eigenvalue weighted by Crippen LogP contribution is -2.35. The molecule has 5 nitrogen and oxygen atoms in total. The van der Waals surface area contributed by atoms with Gasteiger partial charge in [0.15, 0.2) is 0 Å². The van der Waals surface area contributed by atoms with Crippen LogP contribution >= 0.6 is 0 Å². The van der Waals surface area contributed by atoms with E-state index in [1.54, 1.807) is 20.9 Å². The third kappa shape index (κ3) is 2.04. The van der Waals surface area contributed by atoms with Gasteiger partial charge in [-0.25, -0.2) is 4.79 Å². The molecule has 0 N–H and O–H groups in total. The summed E-state index contributed by atoms with van der Waals surface area (Å²) in [6.07, 6.45) is 0.0533. The molecule has 0 bridgehead atoms. The first-order valence-electron chi connectivity index (χ1n) is 4.34. The van der Waals surface area contributed by atoms with E-state index in [0.717, 1.165) is 0 Å². The molecule has 0 aromatic heterocycles. The molecule has 0 fully saturated rings. The maximum atomic E-state index is 11.2. The Kier molecular flexibility index (Phi) is 3.11. The smallest absolute Gasteiger partial charge is 0.435 e. The standard InChI is InChI=1S/C9H13NO4/c1-4-13-9(12)14-8-6(2)5-7(11)10(8)3/h5,8H,4H2,1-3H3. The van der Waals surface area contributed by atoms with Gasteiger partial charge < -0.3 is 14.4 Å². The summed E-state index contributed by atoms with van der Waals surface area (Å²) in [6, 6.07) is 0. The largest absolute Gasteiger partial charge is 0.510 e. The first kappa shape index (κ1) is 10.6. The van der Waals surface area contributed by atoms with Gasteiger partial charge in [0.1, 0.15) is 0 Å². The molecule has 1 amide bonds. The van der Waals surface area contributed by atoms with Crippen molar-refractivity contribution in [1.82, 2.24) is 4.90 Å². The zero-order valence-electron chi connectivity index (χ0n) is 8.44. The van der Waals surface area contributed by atoms with Crippen LogP contribution in [-0.2, 0) is 14.3 Å². The van der Waals surface area contributed by atoms with Gasteiger partial charge in [-0.15, -0.1) is 0 Å². The first-order chi connectivity index (χ1) is 6.56. The molecular formula is C9H13NO4. The van der Waals surface area contributed by atoms with Gasteiger partial charge >= 0.3 is 6.16 Å². The maximum absolute atomic E-state index is 11.2. The quantitative estimate of drug-likeness (QED) is 0.620. The van der Waals surface area contributed by atoms with E-state index in [1.165, 1.54) is 11.0 Å².